The number of amides is 2. The van der Waals surface area contributed by atoms with Gasteiger partial charge < -0.3 is 14.8 Å². The average molecular weight is 527 g/mol. The molecule has 0 spiro atoms. The standard InChI is InChI=1S/C32H31FN2O4/c1-2-22-13-15-29(30(19-22)38-21-23-9-4-3-5-10-23)39-28-16-14-24(20-27(28)33)34-17-8-18-35-31(36)25-11-6-7-12-26(25)32(35)37/h3-6,9-11,13-16,19-20,34H,2,7-8,12,17-18,21H2,1H3. The van der Waals surface area contributed by atoms with Crippen molar-refractivity contribution in [2.24, 2.45) is 0 Å². The Bertz CT molecular complexity index is 1430. The lowest BCUT2D eigenvalue weighted by Crippen LogP contribution is -2.33. The minimum absolute atomic E-state index is 0.0901. The molecule has 0 atom stereocenters. The van der Waals surface area contributed by atoms with E-state index in [1.807, 2.05) is 48.5 Å². The van der Waals surface area contributed by atoms with E-state index in [0.717, 1.165) is 24.0 Å². The van der Waals surface area contributed by atoms with Crippen molar-refractivity contribution in [1.29, 1.82) is 0 Å². The number of ether oxygens (including phenoxy) is 2. The summed E-state index contributed by atoms with van der Waals surface area (Å²) in [7, 11) is 0. The molecule has 0 saturated carbocycles. The van der Waals surface area contributed by atoms with Crippen LogP contribution in [0, 0.1) is 5.82 Å². The molecular weight excluding hydrogens is 495 g/mol. The van der Waals surface area contributed by atoms with Gasteiger partial charge in [0.05, 0.1) is 0 Å². The van der Waals surface area contributed by atoms with E-state index >= 15 is 0 Å². The van der Waals surface area contributed by atoms with E-state index in [4.69, 9.17) is 9.47 Å². The summed E-state index contributed by atoms with van der Waals surface area (Å²) in [5.74, 6) is 0.157. The molecule has 3 aromatic rings. The number of hydrogen-bond donors (Lipinski definition) is 1. The van der Waals surface area contributed by atoms with E-state index in [9.17, 15) is 14.0 Å². The van der Waals surface area contributed by atoms with E-state index in [1.54, 1.807) is 24.3 Å². The summed E-state index contributed by atoms with van der Waals surface area (Å²) in [5.41, 5.74) is 3.84. The molecule has 0 bridgehead atoms. The van der Waals surface area contributed by atoms with Crippen LogP contribution in [0.5, 0.6) is 17.2 Å². The molecular formula is C32H31FN2O4. The molecule has 2 aliphatic rings. The van der Waals surface area contributed by atoms with Crippen molar-refractivity contribution in [2.45, 2.75) is 39.2 Å². The van der Waals surface area contributed by atoms with E-state index in [-0.39, 0.29) is 17.6 Å². The van der Waals surface area contributed by atoms with Crippen LogP contribution < -0.4 is 14.8 Å². The lowest BCUT2D eigenvalue weighted by Gasteiger charge is -2.16. The fraction of sp³-hybridized carbons (Fsp3) is 0.250. The second kappa shape index (κ2) is 12.0. The first kappa shape index (κ1) is 26.2. The van der Waals surface area contributed by atoms with Crippen LogP contribution in [-0.4, -0.2) is 29.8 Å². The fourth-order valence-corrected chi connectivity index (χ4v) is 4.68. The SMILES string of the molecule is CCc1ccc(Oc2ccc(NCCCN3C(=O)C4=C(CCC=C4)C3=O)cc2F)c(OCc2ccccc2)c1. The molecule has 0 radical (unpaired) electrons. The topological polar surface area (TPSA) is 67.9 Å². The summed E-state index contributed by atoms with van der Waals surface area (Å²) in [5, 5.41) is 3.16. The van der Waals surface area contributed by atoms with Gasteiger partial charge in [-0.25, -0.2) is 4.39 Å². The number of nitrogens with one attached hydrogen (secondary N) is 1. The Kier molecular flexibility index (Phi) is 8.06. The van der Waals surface area contributed by atoms with Crippen molar-refractivity contribution < 1.29 is 23.5 Å². The zero-order valence-corrected chi connectivity index (χ0v) is 21.9. The predicted octanol–water partition coefficient (Wildman–Crippen LogP) is 6.58. The number of nitrogens with zero attached hydrogens (tertiary/aromatic N) is 1. The van der Waals surface area contributed by atoms with E-state index in [1.165, 1.54) is 11.0 Å². The monoisotopic (exact) mass is 526 g/mol. The van der Waals surface area contributed by atoms with Crippen LogP contribution in [0.1, 0.15) is 37.3 Å². The number of anilines is 1. The molecule has 0 unspecified atom stereocenters. The van der Waals surface area contributed by atoms with Crippen LogP contribution in [0.25, 0.3) is 0 Å². The van der Waals surface area contributed by atoms with Crippen LogP contribution in [0.4, 0.5) is 10.1 Å². The number of rotatable bonds is 11. The van der Waals surface area contributed by atoms with Gasteiger partial charge in [-0.05, 0) is 61.1 Å². The molecule has 200 valence electrons. The van der Waals surface area contributed by atoms with E-state index in [0.29, 0.717) is 60.9 Å². The van der Waals surface area contributed by atoms with Gasteiger partial charge in [0.25, 0.3) is 11.8 Å². The summed E-state index contributed by atoms with van der Waals surface area (Å²) in [6.07, 6.45) is 6.46. The molecule has 0 saturated heterocycles. The van der Waals surface area contributed by atoms with Gasteiger partial charge >= 0.3 is 0 Å². The molecule has 2 amide bonds. The Morgan fingerprint density at radius 3 is 2.51 bits per heavy atom. The van der Waals surface area contributed by atoms with Gasteiger partial charge in [-0.15, -0.1) is 0 Å². The highest BCUT2D eigenvalue weighted by atomic mass is 19.1. The maximum absolute atomic E-state index is 15.0. The van der Waals surface area contributed by atoms with Crippen LogP contribution in [-0.2, 0) is 22.6 Å². The molecule has 1 N–H and O–H groups in total. The van der Waals surface area contributed by atoms with Gasteiger partial charge in [0, 0.05) is 36.0 Å². The molecule has 39 heavy (non-hydrogen) atoms. The maximum Gasteiger partial charge on any atom is 0.261 e. The lowest BCUT2D eigenvalue weighted by molar-refractivity contribution is -0.137. The first-order valence-corrected chi connectivity index (χ1v) is 13.3. The highest BCUT2D eigenvalue weighted by Crippen LogP contribution is 2.35. The molecule has 5 rings (SSSR count). The number of imide groups is 1. The fourth-order valence-electron chi connectivity index (χ4n) is 4.68. The number of halogens is 1. The zero-order chi connectivity index (χ0) is 27.2. The Balaban J connectivity index is 1.17. The van der Waals surface area contributed by atoms with Gasteiger partial charge in [-0.1, -0.05) is 55.5 Å². The third-order valence-corrected chi connectivity index (χ3v) is 6.84. The third-order valence-electron chi connectivity index (χ3n) is 6.84. The number of hydrogen-bond acceptors (Lipinski definition) is 5. The van der Waals surface area contributed by atoms with Crippen molar-refractivity contribution in [3.63, 3.8) is 0 Å². The van der Waals surface area contributed by atoms with Gasteiger partial charge in [-0.2, -0.15) is 0 Å². The van der Waals surface area contributed by atoms with Crippen molar-refractivity contribution in [3.8, 4) is 17.2 Å². The minimum atomic E-state index is -0.512. The van der Waals surface area contributed by atoms with Gasteiger partial charge in [-0.3, -0.25) is 14.5 Å². The first-order chi connectivity index (χ1) is 19.0. The molecule has 7 heteroatoms. The van der Waals surface area contributed by atoms with Gasteiger partial charge in [0.15, 0.2) is 23.1 Å². The van der Waals surface area contributed by atoms with Crippen LogP contribution in [0.3, 0.4) is 0 Å². The predicted molar refractivity (Wildman–Crippen MR) is 148 cm³/mol. The molecule has 0 fully saturated rings. The number of carbonyl (C=O) groups is 2. The highest BCUT2D eigenvalue weighted by molar-refractivity contribution is 6.20. The lowest BCUT2D eigenvalue weighted by atomic mass is 10.00. The van der Waals surface area contributed by atoms with Crippen molar-refractivity contribution >= 4 is 17.5 Å². The number of benzene rings is 3. The van der Waals surface area contributed by atoms with E-state index in [2.05, 4.69) is 12.2 Å². The van der Waals surface area contributed by atoms with Crippen LogP contribution in [0.2, 0.25) is 0 Å². The third kappa shape index (κ3) is 6.03. The highest BCUT2D eigenvalue weighted by Gasteiger charge is 2.36. The summed E-state index contributed by atoms with van der Waals surface area (Å²) in [6.45, 7) is 3.23. The first-order valence-electron chi connectivity index (χ1n) is 13.3. The van der Waals surface area contributed by atoms with Crippen LogP contribution >= 0.6 is 0 Å². The quantitative estimate of drug-likeness (QED) is 0.226. The summed E-state index contributed by atoms with van der Waals surface area (Å²) in [6, 6.07) is 20.2. The number of carbonyl (C=O) groups excluding carboxylic acids is 2. The van der Waals surface area contributed by atoms with Gasteiger partial charge in [0.1, 0.15) is 6.61 Å². The molecule has 1 aliphatic heterocycles. The number of allylic oxidation sites excluding steroid dienone is 1. The maximum atomic E-state index is 15.0. The van der Waals surface area contributed by atoms with Crippen LogP contribution in [0.15, 0.2) is 90.0 Å². The smallest absolute Gasteiger partial charge is 0.261 e. The van der Waals surface area contributed by atoms with Crippen molar-refractivity contribution in [1.82, 2.24) is 4.90 Å². The van der Waals surface area contributed by atoms with Crippen molar-refractivity contribution in [3.05, 3.63) is 107 Å². The summed E-state index contributed by atoms with van der Waals surface area (Å²) in [4.78, 5) is 26.4. The van der Waals surface area contributed by atoms with Crippen molar-refractivity contribution in [2.75, 3.05) is 18.4 Å². The molecule has 6 nitrogen and oxygen atoms in total. The van der Waals surface area contributed by atoms with E-state index < -0.39 is 5.82 Å². The van der Waals surface area contributed by atoms with Gasteiger partial charge in [0.2, 0.25) is 0 Å². The molecule has 3 aromatic carbocycles. The molecule has 0 aromatic heterocycles. The Morgan fingerprint density at radius 2 is 1.74 bits per heavy atom. The minimum Gasteiger partial charge on any atom is -0.485 e. The average Bonchev–Trinajstić information content (AvgIpc) is 3.21. The Labute approximate surface area is 227 Å². The Morgan fingerprint density at radius 1 is 0.923 bits per heavy atom. The molecule has 1 aliphatic carbocycles. The number of aryl methyl sites for hydroxylation is 1. The normalized spacial score (nSPS) is 14.6. The summed E-state index contributed by atoms with van der Waals surface area (Å²) < 4.78 is 26.9. The zero-order valence-electron chi connectivity index (χ0n) is 21.9. The second-order valence-electron chi connectivity index (χ2n) is 9.53. The molecule has 1 heterocycles. The Hall–Kier alpha value is -4.39. The summed E-state index contributed by atoms with van der Waals surface area (Å²) >= 11 is 0. The largest absolute Gasteiger partial charge is 0.485 e. The second-order valence-corrected chi connectivity index (χ2v) is 9.53.